The zero-order valence-corrected chi connectivity index (χ0v) is 12.1. The molecule has 2 atom stereocenters. The second kappa shape index (κ2) is 5.92. The first kappa shape index (κ1) is 13.6. The maximum Gasteiger partial charge on any atom is 0.159 e. The summed E-state index contributed by atoms with van der Waals surface area (Å²) in [6, 6.07) is 10.4. The van der Waals surface area contributed by atoms with E-state index in [4.69, 9.17) is 4.74 Å². The zero-order valence-electron chi connectivity index (χ0n) is 12.1. The van der Waals surface area contributed by atoms with E-state index in [0.717, 1.165) is 37.7 Å². The van der Waals surface area contributed by atoms with E-state index in [-0.39, 0.29) is 6.10 Å². The number of Topliss-reactive ketones (excluding diaryl/α,β-unsaturated/α-hetero) is 1. The van der Waals surface area contributed by atoms with E-state index in [1.165, 1.54) is 17.6 Å². The molecule has 0 aliphatic heterocycles. The molecule has 2 aliphatic rings. The van der Waals surface area contributed by atoms with Crippen LogP contribution in [0.3, 0.4) is 0 Å². The van der Waals surface area contributed by atoms with Gasteiger partial charge in [-0.1, -0.05) is 30.3 Å². The van der Waals surface area contributed by atoms with Gasteiger partial charge in [0.25, 0.3) is 0 Å². The number of aryl methyl sites for hydroxylation is 1. The van der Waals surface area contributed by atoms with Gasteiger partial charge in [0, 0.05) is 13.5 Å². The van der Waals surface area contributed by atoms with Crippen molar-refractivity contribution >= 4 is 5.78 Å². The molecule has 0 aromatic heterocycles. The fraction of sp³-hybridized carbons (Fsp3) is 0.500. The van der Waals surface area contributed by atoms with Crippen LogP contribution < -0.4 is 0 Å². The minimum Gasteiger partial charge on any atom is -0.377 e. The highest BCUT2D eigenvalue weighted by molar-refractivity contribution is 5.99. The Bertz CT molecular complexity index is 515. The Morgan fingerprint density at radius 1 is 1.15 bits per heavy atom. The van der Waals surface area contributed by atoms with Crippen molar-refractivity contribution in [2.45, 2.75) is 44.6 Å². The molecule has 0 amide bonds. The van der Waals surface area contributed by atoms with E-state index >= 15 is 0 Å². The number of rotatable bonds is 4. The first-order chi connectivity index (χ1) is 9.79. The Morgan fingerprint density at radius 3 is 2.70 bits per heavy atom. The van der Waals surface area contributed by atoms with Crippen LogP contribution in [0.4, 0.5) is 0 Å². The molecule has 0 bridgehead atoms. The average Bonchev–Trinajstić information content (AvgIpc) is 2.81. The van der Waals surface area contributed by atoms with E-state index in [0.29, 0.717) is 11.7 Å². The number of fused-ring (bicyclic) bond motifs is 1. The Morgan fingerprint density at radius 2 is 1.95 bits per heavy atom. The molecule has 1 saturated carbocycles. The van der Waals surface area contributed by atoms with Gasteiger partial charge in [0.2, 0.25) is 0 Å². The van der Waals surface area contributed by atoms with Crippen LogP contribution in [0, 0.1) is 5.92 Å². The van der Waals surface area contributed by atoms with Crippen molar-refractivity contribution in [3.05, 3.63) is 47.0 Å². The lowest BCUT2D eigenvalue weighted by Gasteiger charge is -2.28. The Hall–Kier alpha value is -1.41. The molecule has 1 fully saturated rings. The van der Waals surface area contributed by atoms with Crippen LogP contribution in [-0.2, 0) is 16.0 Å². The molecule has 3 rings (SSSR count). The quantitative estimate of drug-likeness (QED) is 0.834. The summed E-state index contributed by atoms with van der Waals surface area (Å²) in [5, 5.41) is 0. The topological polar surface area (TPSA) is 26.3 Å². The molecule has 0 unspecified atom stereocenters. The Kier molecular flexibility index (Phi) is 4.02. The van der Waals surface area contributed by atoms with Gasteiger partial charge in [-0.2, -0.15) is 0 Å². The minimum absolute atomic E-state index is 0.186. The molecule has 1 aromatic rings. The first-order valence-corrected chi connectivity index (χ1v) is 7.62. The molecule has 0 N–H and O–H groups in total. The van der Waals surface area contributed by atoms with Crippen molar-refractivity contribution < 1.29 is 9.53 Å². The molecule has 0 saturated heterocycles. The highest BCUT2D eigenvalue weighted by atomic mass is 16.5. The molecule has 106 valence electrons. The van der Waals surface area contributed by atoms with Gasteiger partial charge in [0.1, 0.15) is 0 Å². The van der Waals surface area contributed by atoms with Gasteiger partial charge in [-0.25, -0.2) is 0 Å². The van der Waals surface area contributed by atoms with Crippen molar-refractivity contribution in [2.24, 2.45) is 5.92 Å². The fourth-order valence-corrected chi connectivity index (χ4v) is 3.73. The third kappa shape index (κ3) is 2.57. The maximum absolute atomic E-state index is 12.3. The second-order valence-corrected chi connectivity index (χ2v) is 5.90. The Labute approximate surface area is 120 Å². The lowest BCUT2D eigenvalue weighted by atomic mass is 9.82. The molecular weight excluding hydrogens is 248 g/mol. The van der Waals surface area contributed by atoms with Crippen molar-refractivity contribution in [3.8, 4) is 0 Å². The number of benzene rings is 1. The van der Waals surface area contributed by atoms with E-state index in [1.807, 2.05) is 6.07 Å². The van der Waals surface area contributed by atoms with Crippen LogP contribution in [0.2, 0.25) is 0 Å². The zero-order chi connectivity index (χ0) is 13.9. The van der Waals surface area contributed by atoms with Crippen LogP contribution in [0.1, 0.15) is 37.7 Å². The molecule has 0 spiro atoms. The number of ketones is 1. The highest BCUT2D eigenvalue weighted by Crippen LogP contribution is 2.42. The third-order valence-electron chi connectivity index (χ3n) is 4.71. The van der Waals surface area contributed by atoms with Crippen molar-refractivity contribution in [2.75, 3.05) is 7.11 Å². The lowest BCUT2D eigenvalue weighted by Crippen LogP contribution is -2.23. The van der Waals surface area contributed by atoms with E-state index in [9.17, 15) is 4.79 Å². The number of hydrogen-bond donors (Lipinski definition) is 0. The largest absolute Gasteiger partial charge is 0.377 e. The van der Waals surface area contributed by atoms with Crippen molar-refractivity contribution in [3.63, 3.8) is 0 Å². The van der Waals surface area contributed by atoms with Crippen LogP contribution in [0.15, 0.2) is 41.5 Å². The molecule has 20 heavy (non-hydrogen) atoms. The van der Waals surface area contributed by atoms with Gasteiger partial charge >= 0.3 is 0 Å². The summed E-state index contributed by atoms with van der Waals surface area (Å²) in [6.07, 6.45) is 6.15. The summed E-state index contributed by atoms with van der Waals surface area (Å²) in [4.78, 5) is 12.3. The predicted octanol–water partition coefficient (Wildman–Crippen LogP) is 3.70. The van der Waals surface area contributed by atoms with Crippen molar-refractivity contribution in [1.82, 2.24) is 0 Å². The lowest BCUT2D eigenvalue weighted by molar-refractivity contribution is -0.115. The smallest absolute Gasteiger partial charge is 0.159 e. The predicted molar refractivity (Wildman–Crippen MR) is 79.6 cm³/mol. The van der Waals surface area contributed by atoms with Gasteiger partial charge in [0.15, 0.2) is 5.78 Å². The van der Waals surface area contributed by atoms with Crippen LogP contribution in [-0.4, -0.2) is 19.0 Å². The van der Waals surface area contributed by atoms with Crippen molar-refractivity contribution in [1.29, 1.82) is 0 Å². The molecule has 2 nitrogen and oxygen atoms in total. The number of methoxy groups -OCH3 is 1. The van der Waals surface area contributed by atoms with Gasteiger partial charge in [0.05, 0.1) is 6.10 Å². The second-order valence-electron chi connectivity index (χ2n) is 5.90. The van der Waals surface area contributed by atoms with Crippen LogP contribution in [0.25, 0.3) is 0 Å². The van der Waals surface area contributed by atoms with Crippen LogP contribution in [0.5, 0.6) is 0 Å². The normalized spacial score (nSPS) is 25.9. The van der Waals surface area contributed by atoms with Gasteiger partial charge in [-0.15, -0.1) is 0 Å². The summed E-state index contributed by atoms with van der Waals surface area (Å²) in [5.41, 5.74) is 3.71. The number of carbonyl (C=O) groups is 1. The third-order valence-corrected chi connectivity index (χ3v) is 4.71. The maximum atomic E-state index is 12.3. The first-order valence-electron chi connectivity index (χ1n) is 7.62. The Balaban J connectivity index is 1.80. The number of carbonyl (C=O) groups excluding carboxylic acids is 1. The standard InChI is InChI=1S/C18H22O2/c1-20-17-9-5-8-14-12-16(19)15(18(14)17)11-10-13-6-3-2-4-7-13/h2-4,6-7,14,17H,5,8-12H2,1H3/t14-,17+/m0/s1. The summed E-state index contributed by atoms with van der Waals surface area (Å²) >= 11 is 0. The highest BCUT2D eigenvalue weighted by Gasteiger charge is 2.38. The molecule has 1 aromatic carbocycles. The molecular formula is C18H22O2. The molecule has 0 radical (unpaired) electrons. The summed E-state index contributed by atoms with van der Waals surface area (Å²) in [6.45, 7) is 0. The van der Waals surface area contributed by atoms with E-state index < -0.39 is 0 Å². The number of allylic oxidation sites excluding steroid dienone is 1. The summed E-state index contributed by atoms with van der Waals surface area (Å²) < 4.78 is 5.63. The number of hydrogen-bond acceptors (Lipinski definition) is 2. The van der Waals surface area contributed by atoms with Gasteiger partial charge in [-0.3, -0.25) is 4.79 Å². The monoisotopic (exact) mass is 270 g/mol. The van der Waals surface area contributed by atoms with Gasteiger partial charge < -0.3 is 4.74 Å². The van der Waals surface area contributed by atoms with Gasteiger partial charge in [-0.05, 0) is 54.7 Å². The fourth-order valence-electron chi connectivity index (χ4n) is 3.73. The minimum atomic E-state index is 0.186. The molecule has 0 heterocycles. The van der Waals surface area contributed by atoms with E-state index in [2.05, 4.69) is 24.3 Å². The van der Waals surface area contributed by atoms with Crippen LogP contribution >= 0.6 is 0 Å². The number of ether oxygens (including phenoxy) is 1. The molecule has 2 heteroatoms. The average molecular weight is 270 g/mol. The summed E-state index contributed by atoms with van der Waals surface area (Å²) in [7, 11) is 1.78. The molecule has 2 aliphatic carbocycles. The van der Waals surface area contributed by atoms with E-state index in [1.54, 1.807) is 7.11 Å². The summed E-state index contributed by atoms with van der Waals surface area (Å²) in [5.74, 6) is 0.830. The SMILES string of the molecule is CO[C@@H]1CCC[C@H]2CC(=O)C(CCc3ccccc3)=C21.